The Hall–Kier alpha value is -1.65. The number of hydrogen-bond donors (Lipinski definition) is 1. The Balaban J connectivity index is 3.04. The monoisotopic (exact) mass is 182 g/mol. The molecule has 68 valence electrons. The van der Waals surface area contributed by atoms with Gasteiger partial charge in [0.25, 0.3) is 0 Å². The van der Waals surface area contributed by atoms with Gasteiger partial charge in [0.1, 0.15) is 11.9 Å². The maximum Gasteiger partial charge on any atom is 0.145 e. The first-order chi connectivity index (χ1) is 6.29. The molecule has 1 aromatic heterocycles. The molecule has 1 aromatic rings. The molecule has 0 amide bonds. The second-order valence-corrected chi connectivity index (χ2v) is 2.27. The summed E-state index contributed by atoms with van der Waals surface area (Å²) >= 11 is 0. The first kappa shape index (κ1) is 9.44. The summed E-state index contributed by atoms with van der Waals surface area (Å²) in [6.07, 6.45) is 1.37. The van der Waals surface area contributed by atoms with Gasteiger partial charge in [-0.1, -0.05) is 5.11 Å². The lowest BCUT2D eigenvalue weighted by molar-refractivity contribution is 0.262. The van der Waals surface area contributed by atoms with Gasteiger partial charge in [0.05, 0.1) is 12.3 Å². The summed E-state index contributed by atoms with van der Waals surface area (Å²) < 4.78 is 13.0. The zero-order valence-corrected chi connectivity index (χ0v) is 6.63. The van der Waals surface area contributed by atoms with E-state index in [9.17, 15) is 4.39 Å². The molecule has 0 aliphatic heterocycles. The van der Waals surface area contributed by atoms with Gasteiger partial charge in [-0.05, 0) is 17.7 Å². The van der Waals surface area contributed by atoms with E-state index in [1.54, 1.807) is 0 Å². The number of aliphatic hydroxyl groups is 1. The average Bonchev–Trinajstić information content (AvgIpc) is 2.16. The van der Waals surface area contributed by atoms with E-state index in [0.29, 0.717) is 0 Å². The summed E-state index contributed by atoms with van der Waals surface area (Å²) in [5.74, 6) is -0.589. The van der Waals surface area contributed by atoms with E-state index >= 15 is 0 Å². The largest absolute Gasteiger partial charge is 0.396 e. The quantitative estimate of drug-likeness (QED) is 0.437. The topological polar surface area (TPSA) is 81.9 Å². The zero-order chi connectivity index (χ0) is 9.68. The third-order valence-corrected chi connectivity index (χ3v) is 1.47. The molecule has 0 spiro atoms. The number of azide groups is 1. The molecule has 0 saturated carbocycles. The highest BCUT2D eigenvalue weighted by Crippen LogP contribution is 2.17. The van der Waals surface area contributed by atoms with E-state index < -0.39 is 18.5 Å². The standard InChI is InChI=1S/C7H7FN4O/c8-5-2-1-3-10-7(5)6(4-13)11-12-9/h1-3,6,13H,4H2. The predicted molar refractivity (Wildman–Crippen MR) is 43.2 cm³/mol. The van der Waals surface area contributed by atoms with Crippen LogP contribution in [0, 0.1) is 5.82 Å². The summed E-state index contributed by atoms with van der Waals surface area (Å²) in [6.45, 7) is -0.460. The smallest absolute Gasteiger partial charge is 0.145 e. The third-order valence-electron chi connectivity index (χ3n) is 1.47. The lowest BCUT2D eigenvalue weighted by atomic mass is 10.2. The molecule has 1 atom stereocenters. The SMILES string of the molecule is [N-]=[N+]=NC(CO)c1ncccc1F. The van der Waals surface area contributed by atoms with Crippen molar-refractivity contribution in [3.63, 3.8) is 0 Å². The van der Waals surface area contributed by atoms with Crippen molar-refractivity contribution in [1.29, 1.82) is 0 Å². The minimum Gasteiger partial charge on any atom is -0.396 e. The fraction of sp³-hybridized carbons (Fsp3) is 0.286. The Kier molecular flexibility index (Phi) is 3.19. The van der Waals surface area contributed by atoms with Crippen molar-refractivity contribution in [3.05, 3.63) is 40.3 Å². The van der Waals surface area contributed by atoms with Crippen LogP contribution in [0.1, 0.15) is 11.7 Å². The van der Waals surface area contributed by atoms with Crippen LogP contribution in [-0.2, 0) is 0 Å². The normalized spacial score (nSPS) is 11.8. The zero-order valence-electron chi connectivity index (χ0n) is 6.63. The van der Waals surface area contributed by atoms with Gasteiger partial charge in [-0.2, -0.15) is 0 Å². The Morgan fingerprint density at radius 2 is 2.54 bits per heavy atom. The van der Waals surface area contributed by atoms with Gasteiger partial charge in [-0.3, -0.25) is 4.98 Å². The maximum absolute atomic E-state index is 13.0. The second-order valence-electron chi connectivity index (χ2n) is 2.27. The first-order valence-electron chi connectivity index (χ1n) is 3.55. The molecular formula is C7H7FN4O. The molecule has 13 heavy (non-hydrogen) atoms. The van der Waals surface area contributed by atoms with E-state index in [0.717, 1.165) is 0 Å². The Labute approximate surface area is 73.5 Å². The molecule has 0 aliphatic carbocycles. The molecule has 5 nitrogen and oxygen atoms in total. The maximum atomic E-state index is 13.0. The summed E-state index contributed by atoms with van der Waals surface area (Å²) in [7, 11) is 0. The van der Waals surface area contributed by atoms with Crippen LogP contribution in [0.25, 0.3) is 10.4 Å². The minimum absolute atomic E-state index is 0.0391. The Morgan fingerprint density at radius 1 is 1.77 bits per heavy atom. The molecule has 6 heteroatoms. The number of aliphatic hydroxyl groups excluding tert-OH is 1. The van der Waals surface area contributed by atoms with Crippen LogP contribution in [0.3, 0.4) is 0 Å². The van der Waals surface area contributed by atoms with Gasteiger partial charge < -0.3 is 5.11 Å². The van der Waals surface area contributed by atoms with Gasteiger partial charge in [-0.25, -0.2) is 4.39 Å². The van der Waals surface area contributed by atoms with Crippen LogP contribution in [0.4, 0.5) is 4.39 Å². The molecular weight excluding hydrogens is 175 g/mol. The van der Waals surface area contributed by atoms with Gasteiger partial charge in [-0.15, -0.1) is 0 Å². The highest BCUT2D eigenvalue weighted by atomic mass is 19.1. The summed E-state index contributed by atoms with van der Waals surface area (Å²) in [5.41, 5.74) is 8.08. The minimum atomic E-state index is -0.953. The van der Waals surface area contributed by atoms with E-state index in [-0.39, 0.29) is 5.69 Å². The number of rotatable bonds is 3. The molecule has 0 fully saturated rings. The second kappa shape index (κ2) is 4.39. The van der Waals surface area contributed by atoms with E-state index in [1.807, 2.05) is 0 Å². The molecule has 0 aromatic carbocycles. The van der Waals surface area contributed by atoms with E-state index in [2.05, 4.69) is 15.0 Å². The van der Waals surface area contributed by atoms with Gasteiger partial charge in [0.2, 0.25) is 0 Å². The van der Waals surface area contributed by atoms with Crippen LogP contribution >= 0.6 is 0 Å². The van der Waals surface area contributed by atoms with Crippen LogP contribution in [-0.4, -0.2) is 16.7 Å². The van der Waals surface area contributed by atoms with Gasteiger partial charge >= 0.3 is 0 Å². The molecule has 0 saturated heterocycles. The molecule has 1 unspecified atom stereocenters. The molecule has 1 heterocycles. The Bertz CT molecular complexity index is 337. The number of halogens is 1. The number of pyridine rings is 1. The Morgan fingerprint density at radius 3 is 3.08 bits per heavy atom. The summed E-state index contributed by atoms with van der Waals surface area (Å²) in [5, 5.41) is 12.0. The van der Waals surface area contributed by atoms with Crippen molar-refractivity contribution in [1.82, 2.24) is 4.98 Å². The van der Waals surface area contributed by atoms with E-state index in [4.69, 9.17) is 10.6 Å². The van der Waals surface area contributed by atoms with Crippen molar-refractivity contribution in [2.75, 3.05) is 6.61 Å². The fourth-order valence-corrected chi connectivity index (χ4v) is 0.883. The average molecular weight is 182 g/mol. The molecule has 0 bridgehead atoms. The van der Waals surface area contributed by atoms with E-state index in [1.165, 1.54) is 18.3 Å². The van der Waals surface area contributed by atoms with Crippen molar-refractivity contribution in [2.45, 2.75) is 6.04 Å². The molecule has 0 aliphatic rings. The highest BCUT2D eigenvalue weighted by Gasteiger charge is 2.13. The van der Waals surface area contributed by atoms with Crippen LogP contribution in [0.5, 0.6) is 0 Å². The summed E-state index contributed by atoms with van der Waals surface area (Å²) in [4.78, 5) is 6.15. The van der Waals surface area contributed by atoms with Crippen molar-refractivity contribution in [2.24, 2.45) is 5.11 Å². The van der Waals surface area contributed by atoms with Crippen LogP contribution < -0.4 is 0 Å². The fourth-order valence-electron chi connectivity index (χ4n) is 0.883. The highest BCUT2D eigenvalue weighted by molar-refractivity contribution is 5.11. The molecule has 1 rings (SSSR count). The van der Waals surface area contributed by atoms with Crippen LogP contribution in [0.15, 0.2) is 23.4 Å². The lowest BCUT2D eigenvalue weighted by Crippen LogP contribution is -2.05. The van der Waals surface area contributed by atoms with Crippen molar-refractivity contribution in [3.8, 4) is 0 Å². The number of hydrogen-bond acceptors (Lipinski definition) is 3. The van der Waals surface area contributed by atoms with Gasteiger partial charge in [0.15, 0.2) is 0 Å². The van der Waals surface area contributed by atoms with Crippen molar-refractivity contribution >= 4 is 0 Å². The predicted octanol–water partition coefficient (Wildman–Crippen LogP) is 1.56. The van der Waals surface area contributed by atoms with Crippen LogP contribution in [0.2, 0.25) is 0 Å². The first-order valence-corrected chi connectivity index (χ1v) is 3.55. The number of nitrogens with zero attached hydrogens (tertiary/aromatic N) is 4. The molecule has 0 radical (unpaired) electrons. The lowest BCUT2D eigenvalue weighted by Gasteiger charge is -2.06. The van der Waals surface area contributed by atoms with Crippen molar-refractivity contribution < 1.29 is 9.50 Å². The summed E-state index contributed by atoms with van der Waals surface area (Å²) in [6, 6.07) is 1.66. The third kappa shape index (κ3) is 2.14. The molecule has 1 N–H and O–H groups in total. The number of aromatic nitrogens is 1. The van der Waals surface area contributed by atoms with Gasteiger partial charge in [0, 0.05) is 11.1 Å².